The Labute approximate surface area is 141 Å². The van der Waals surface area contributed by atoms with Gasteiger partial charge in [-0.05, 0) is 18.2 Å². The van der Waals surface area contributed by atoms with Crippen LogP contribution in [-0.2, 0) is 10.0 Å². The summed E-state index contributed by atoms with van der Waals surface area (Å²) in [7, 11) is -3.77. The number of benzene rings is 1. The summed E-state index contributed by atoms with van der Waals surface area (Å²) in [5.74, 6) is 0. The predicted octanol–water partition coefficient (Wildman–Crippen LogP) is 0.927. The maximum atomic E-state index is 11.8. The number of piperazine rings is 1. The molecule has 0 bridgehead atoms. The van der Waals surface area contributed by atoms with Crippen molar-refractivity contribution in [1.82, 2.24) is 4.98 Å². The van der Waals surface area contributed by atoms with Gasteiger partial charge in [-0.2, -0.15) is 5.26 Å². The number of hydrogen-bond acceptors (Lipinski definition) is 6. The zero-order valence-electron chi connectivity index (χ0n) is 13.0. The van der Waals surface area contributed by atoms with Gasteiger partial charge in [-0.1, -0.05) is 12.1 Å². The van der Waals surface area contributed by atoms with E-state index in [-0.39, 0.29) is 4.90 Å². The van der Waals surface area contributed by atoms with E-state index in [4.69, 9.17) is 5.14 Å². The van der Waals surface area contributed by atoms with Crippen molar-refractivity contribution in [3.8, 4) is 6.07 Å². The number of primary sulfonamides is 1. The molecule has 0 saturated carbocycles. The standard InChI is InChI=1S/C16H17N5O2S/c17-11-13-12-19-6-5-14(13)20-7-9-21(10-8-20)15-3-1-2-4-16(15)24(18,22)23/h1-6,12H,7-10H2,(H2,18,22,23). The maximum absolute atomic E-state index is 11.8. The molecule has 0 aliphatic carbocycles. The number of sulfonamides is 1. The lowest BCUT2D eigenvalue weighted by Gasteiger charge is -2.38. The molecule has 124 valence electrons. The van der Waals surface area contributed by atoms with Crippen molar-refractivity contribution in [2.75, 3.05) is 36.0 Å². The summed E-state index contributed by atoms with van der Waals surface area (Å²) in [6.07, 6.45) is 3.22. The van der Waals surface area contributed by atoms with Crippen molar-refractivity contribution in [3.05, 3.63) is 48.3 Å². The van der Waals surface area contributed by atoms with E-state index in [0.717, 1.165) is 5.69 Å². The molecule has 2 heterocycles. The first-order chi connectivity index (χ1) is 11.5. The van der Waals surface area contributed by atoms with Crippen LogP contribution in [0.2, 0.25) is 0 Å². The maximum Gasteiger partial charge on any atom is 0.240 e. The van der Waals surface area contributed by atoms with Gasteiger partial charge in [0, 0.05) is 38.6 Å². The van der Waals surface area contributed by atoms with E-state index < -0.39 is 10.0 Å². The Kier molecular flexibility index (Phi) is 4.38. The van der Waals surface area contributed by atoms with Gasteiger partial charge in [0.1, 0.15) is 11.0 Å². The Morgan fingerprint density at radius 1 is 1.04 bits per heavy atom. The zero-order chi connectivity index (χ0) is 17.2. The van der Waals surface area contributed by atoms with Crippen LogP contribution in [0, 0.1) is 11.3 Å². The number of nitrogens with zero attached hydrogens (tertiary/aromatic N) is 4. The minimum atomic E-state index is -3.77. The van der Waals surface area contributed by atoms with E-state index in [2.05, 4.69) is 16.0 Å². The topological polar surface area (TPSA) is 103 Å². The highest BCUT2D eigenvalue weighted by Gasteiger charge is 2.23. The minimum Gasteiger partial charge on any atom is -0.367 e. The molecular formula is C16H17N5O2S. The van der Waals surface area contributed by atoms with E-state index in [1.54, 1.807) is 30.6 Å². The predicted molar refractivity (Wildman–Crippen MR) is 91.2 cm³/mol. The average Bonchev–Trinajstić information content (AvgIpc) is 2.61. The van der Waals surface area contributed by atoms with Gasteiger partial charge in [-0.3, -0.25) is 4.98 Å². The van der Waals surface area contributed by atoms with Crippen LogP contribution in [0.25, 0.3) is 0 Å². The Bertz CT molecular complexity index is 883. The van der Waals surface area contributed by atoms with Gasteiger partial charge in [0.05, 0.1) is 16.9 Å². The summed E-state index contributed by atoms with van der Waals surface area (Å²) in [6, 6.07) is 10.7. The van der Waals surface area contributed by atoms with Crippen LogP contribution in [-0.4, -0.2) is 39.6 Å². The van der Waals surface area contributed by atoms with Crippen LogP contribution in [0.4, 0.5) is 11.4 Å². The molecule has 0 amide bonds. The summed E-state index contributed by atoms with van der Waals surface area (Å²) >= 11 is 0. The first-order valence-corrected chi connectivity index (χ1v) is 9.01. The van der Waals surface area contributed by atoms with Crippen molar-refractivity contribution < 1.29 is 8.42 Å². The first-order valence-electron chi connectivity index (χ1n) is 7.46. The summed E-state index contributed by atoms with van der Waals surface area (Å²) in [5, 5.41) is 14.5. The number of pyridine rings is 1. The number of anilines is 2. The number of hydrogen-bond donors (Lipinski definition) is 1. The molecule has 1 aromatic heterocycles. The van der Waals surface area contributed by atoms with Crippen molar-refractivity contribution in [2.45, 2.75) is 4.90 Å². The van der Waals surface area contributed by atoms with Crippen LogP contribution < -0.4 is 14.9 Å². The third kappa shape index (κ3) is 3.18. The molecule has 1 aromatic carbocycles. The Morgan fingerprint density at radius 3 is 2.29 bits per heavy atom. The van der Waals surface area contributed by atoms with Gasteiger partial charge in [0.25, 0.3) is 0 Å². The first kappa shape index (κ1) is 16.2. The molecule has 1 saturated heterocycles. The highest BCUT2D eigenvalue weighted by atomic mass is 32.2. The fourth-order valence-electron chi connectivity index (χ4n) is 2.90. The summed E-state index contributed by atoms with van der Waals surface area (Å²) in [5.41, 5.74) is 2.01. The molecule has 0 radical (unpaired) electrons. The Morgan fingerprint density at radius 2 is 1.67 bits per heavy atom. The van der Waals surface area contributed by atoms with Gasteiger partial charge < -0.3 is 9.80 Å². The van der Waals surface area contributed by atoms with Gasteiger partial charge in [0.15, 0.2) is 0 Å². The van der Waals surface area contributed by atoms with E-state index in [0.29, 0.717) is 37.4 Å². The van der Waals surface area contributed by atoms with Crippen molar-refractivity contribution in [1.29, 1.82) is 5.26 Å². The third-order valence-electron chi connectivity index (χ3n) is 4.05. The van der Waals surface area contributed by atoms with E-state index in [9.17, 15) is 13.7 Å². The molecule has 0 unspecified atom stereocenters. The molecule has 2 N–H and O–H groups in total. The van der Waals surface area contributed by atoms with Crippen LogP contribution in [0.5, 0.6) is 0 Å². The average molecular weight is 343 g/mol. The normalized spacial score (nSPS) is 15.2. The molecule has 0 atom stereocenters. The van der Waals surface area contributed by atoms with E-state index in [1.165, 1.54) is 6.07 Å². The lowest BCUT2D eigenvalue weighted by molar-refractivity contribution is 0.595. The second kappa shape index (κ2) is 6.47. The number of nitriles is 1. The third-order valence-corrected chi connectivity index (χ3v) is 5.01. The van der Waals surface area contributed by atoms with Gasteiger partial charge in [-0.25, -0.2) is 13.6 Å². The molecule has 8 heteroatoms. The second-order valence-electron chi connectivity index (χ2n) is 5.49. The monoisotopic (exact) mass is 343 g/mol. The highest BCUT2D eigenvalue weighted by molar-refractivity contribution is 7.89. The lowest BCUT2D eigenvalue weighted by atomic mass is 10.2. The van der Waals surface area contributed by atoms with E-state index in [1.807, 2.05) is 11.0 Å². The number of para-hydroxylation sites is 1. The second-order valence-corrected chi connectivity index (χ2v) is 7.02. The molecule has 1 aliphatic rings. The fraction of sp³-hybridized carbons (Fsp3) is 0.250. The molecule has 7 nitrogen and oxygen atoms in total. The van der Waals surface area contributed by atoms with Crippen LogP contribution in [0.3, 0.4) is 0 Å². The van der Waals surface area contributed by atoms with Crippen molar-refractivity contribution >= 4 is 21.4 Å². The molecule has 0 spiro atoms. The zero-order valence-corrected chi connectivity index (χ0v) is 13.8. The Hall–Kier alpha value is -2.63. The van der Waals surface area contributed by atoms with Crippen LogP contribution >= 0.6 is 0 Å². The number of rotatable bonds is 3. The molecule has 1 fully saturated rings. The SMILES string of the molecule is N#Cc1cnccc1N1CCN(c2ccccc2S(N)(=O)=O)CC1. The van der Waals surface area contributed by atoms with Crippen molar-refractivity contribution in [2.24, 2.45) is 5.14 Å². The van der Waals surface area contributed by atoms with Crippen molar-refractivity contribution in [3.63, 3.8) is 0 Å². The van der Waals surface area contributed by atoms with Gasteiger partial charge >= 0.3 is 0 Å². The van der Waals surface area contributed by atoms with Gasteiger partial charge in [0.2, 0.25) is 10.0 Å². The summed E-state index contributed by atoms with van der Waals surface area (Å²) in [6.45, 7) is 2.63. The molecule has 24 heavy (non-hydrogen) atoms. The Balaban J connectivity index is 1.81. The smallest absolute Gasteiger partial charge is 0.240 e. The minimum absolute atomic E-state index is 0.139. The highest BCUT2D eigenvalue weighted by Crippen LogP contribution is 2.27. The number of nitrogens with two attached hydrogens (primary N) is 1. The quantitative estimate of drug-likeness (QED) is 0.889. The molecule has 2 aromatic rings. The summed E-state index contributed by atoms with van der Waals surface area (Å²) in [4.78, 5) is 8.22. The van der Waals surface area contributed by atoms with Crippen LogP contribution in [0.15, 0.2) is 47.6 Å². The van der Waals surface area contributed by atoms with Crippen LogP contribution in [0.1, 0.15) is 5.56 Å². The molecule has 1 aliphatic heterocycles. The fourth-order valence-corrected chi connectivity index (χ4v) is 3.65. The van der Waals surface area contributed by atoms with E-state index >= 15 is 0 Å². The van der Waals surface area contributed by atoms with Gasteiger partial charge in [-0.15, -0.1) is 0 Å². The lowest BCUT2D eigenvalue weighted by Crippen LogP contribution is -2.47. The number of aromatic nitrogens is 1. The summed E-state index contributed by atoms with van der Waals surface area (Å²) < 4.78 is 23.5. The largest absolute Gasteiger partial charge is 0.367 e. The molecular weight excluding hydrogens is 326 g/mol. The molecule has 3 rings (SSSR count).